The first-order chi connectivity index (χ1) is 12.9. The van der Waals surface area contributed by atoms with E-state index in [0.29, 0.717) is 5.56 Å². The second-order valence-corrected chi connectivity index (χ2v) is 8.22. The van der Waals surface area contributed by atoms with E-state index in [0.717, 1.165) is 42.8 Å². The Bertz CT molecular complexity index is 787. The molecule has 0 radical (unpaired) electrons. The van der Waals surface area contributed by atoms with Gasteiger partial charge in [-0.1, -0.05) is 24.3 Å². The van der Waals surface area contributed by atoms with E-state index < -0.39 is 0 Å². The van der Waals surface area contributed by atoms with Crippen molar-refractivity contribution in [1.29, 1.82) is 0 Å². The molecule has 1 aliphatic rings. The summed E-state index contributed by atoms with van der Waals surface area (Å²) in [6.07, 6.45) is 2.00. The highest BCUT2D eigenvalue weighted by Gasteiger charge is 2.27. The van der Waals surface area contributed by atoms with Gasteiger partial charge in [0.05, 0.1) is 7.11 Å². The topological polar surface area (TPSA) is 41.6 Å². The van der Waals surface area contributed by atoms with Crippen LogP contribution in [0.4, 0.5) is 0 Å². The molecular weight excluding hydrogens is 336 g/mol. The number of ether oxygens (including phenoxy) is 1. The van der Waals surface area contributed by atoms with Crippen LogP contribution in [0.15, 0.2) is 48.5 Å². The van der Waals surface area contributed by atoms with Gasteiger partial charge in [0.2, 0.25) is 0 Å². The summed E-state index contributed by atoms with van der Waals surface area (Å²) in [4.78, 5) is 15.2. The standard InChI is InChI=1S/C23H30N2O2/c1-23(2,3)25-13-11-20(12-14-25)24-22(26)19-9-5-7-17(15-19)18-8-6-10-21(16-18)27-4/h5-10,15-16,20H,11-14H2,1-4H3,(H,24,26). The zero-order valence-electron chi connectivity index (χ0n) is 16.8. The smallest absolute Gasteiger partial charge is 0.251 e. The van der Waals surface area contributed by atoms with Crippen molar-refractivity contribution >= 4 is 5.91 Å². The summed E-state index contributed by atoms with van der Waals surface area (Å²) >= 11 is 0. The van der Waals surface area contributed by atoms with Gasteiger partial charge in [-0.05, 0) is 69.0 Å². The molecule has 1 saturated heterocycles. The highest BCUT2D eigenvalue weighted by molar-refractivity contribution is 5.95. The summed E-state index contributed by atoms with van der Waals surface area (Å²) in [5, 5.41) is 3.22. The van der Waals surface area contributed by atoms with Crippen molar-refractivity contribution in [3.8, 4) is 16.9 Å². The number of hydrogen-bond acceptors (Lipinski definition) is 3. The summed E-state index contributed by atoms with van der Waals surface area (Å²) in [5.74, 6) is 0.821. The first kappa shape index (κ1) is 19.4. The number of likely N-dealkylation sites (tertiary alicyclic amines) is 1. The van der Waals surface area contributed by atoms with Crippen LogP contribution in [-0.4, -0.2) is 42.6 Å². The van der Waals surface area contributed by atoms with Crippen LogP contribution in [0, 0.1) is 0 Å². The van der Waals surface area contributed by atoms with Gasteiger partial charge in [-0.3, -0.25) is 9.69 Å². The summed E-state index contributed by atoms with van der Waals surface area (Å²) in [7, 11) is 1.66. The van der Waals surface area contributed by atoms with Crippen LogP contribution in [0.5, 0.6) is 5.75 Å². The van der Waals surface area contributed by atoms with E-state index >= 15 is 0 Å². The molecule has 0 aromatic heterocycles. The second kappa shape index (κ2) is 8.13. The van der Waals surface area contributed by atoms with Gasteiger partial charge in [-0.25, -0.2) is 0 Å². The van der Waals surface area contributed by atoms with E-state index in [4.69, 9.17) is 4.74 Å². The van der Waals surface area contributed by atoms with Crippen molar-refractivity contribution in [2.24, 2.45) is 0 Å². The molecule has 0 spiro atoms. The SMILES string of the molecule is COc1cccc(-c2cccc(C(=O)NC3CCN(C(C)(C)C)CC3)c2)c1. The van der Waals surface area contributed by atoms with Crippen LogP contribution in [-0.2, 0) is 0 Å². The maximum Gasteiger partial charge on any atom is 0.251 e. The second-order valence-electron chi connectivity index (χ2n) is 8.22. The van der Waals surface area contributed by atoms with Crippen molar-refractivity contribution in [1.82, 2.24) is 10.2 Å². The molecule has 0 atom stereocenters. The normalized spacial score (nSPS) is 16.1. The zero-order chi connectivity index (χ0) is 19.4. The molecule has 144 valence electrons. The third-order valence-corrected chi connectivity index (χ3v) is 5.31. The lowest BCUT2D eigenvalue weighted by molar-refractivity contribution is 0.0812. The Hall–Kier alpha value is -2.33. The first-order valence-electron chi connectivity index (χ1n) is 9.67. The third kappa shape index (κ3) is 4.89. The molecule has 1 fully saturated rings. The number of nitrogens with zero attached hydrogens (tertiary/aromatic N) is 1. The molecule has 27 heavy (non-hydrogen) atoms. The number of amides is 1. The van der Waals surface area contributed by atoms with E-state index in [-0.39, 0.29) is 17.5 Å². The minimum absolute atomic E-state index is 0.00829. The molecule has 2 aromatic rings. The van der Waals surface area contributed by atoms with Gasteiger partial charge < -0.3 is 10.1 Å². The van der Waals surface area contributed by atoms with Gasteiger partial charge in [0.1, 0.15) is 5.75 Å². The molecule has 1 N–H and O–H groups in total. The van der Waals surface area contributed by atoms with E-state index in [1.54, 1.807) is 7.11 Å². The number of piperidine rings is 1. The van der Waals surface area contributed by atoms with E-state index in [1.807, 2.05) is 48.5 Å². The fourth-order valence-corrected chi connectivity index (χ4v) is 3.61. The number of rotatable bonds is 4. The Labute approximate surface area is 162 Å². The summed E-state index contributed by atoms with van der Waals surface area (Å²) in [5.41, 5.74) is 2.96. The molecule has 0 aliphatic carbocycles. The molecule has 1 heterocycles. The van der Waals surface area contributed by atoms with E-state index in [9.17, 15) is 4.79 Å². The number of carbonyl (C=O) groups is 1. The average Bonchev–Trinajstić information content (AvgIpc) is 2.68. The van der Waals surface area contributed by atoms with Crippen LogP contribution in [0.25, 0.3) is 11.1 Å². The molecule has 3 rings (SSSR count). The van der Waals surface area contributed by atoms with E-state index in [1.165, 1.54) is 0 Å². The predicted molar refractivity (Wildman–Crippen MR) is 110 cm³/mol. The monoisotopic (exact) mass is 366 g/mol. The molecule has 0 unspecified atom stereocenters. The highest BCUT2D eigenvalue weighted by Crippen LogP contribution is 2.25. The van der Waals surface area contributed by atoms with Gasteiger partial charge in [0, 0.05) is 30.2 Å². The number of hydrogen-bond donors (Lipinski definition) is 1. The summed E-state index contributed by atoms with van der Waals surface area (Å²) in [6, 6.07) is 15.9. The van der Waals surface area contributed by atoms with Crippen LogP contribution in [0.3, 0.4) is 0 Å². The fourth-order valence-electron chi connectivity index (χ4n) is 3.61. The molecule has 1 amide bonds. The first-order valence-corrected chi connectivity index (χ1v) is 9.67. The Morgan fingerprint density at radius 3 is 2.30 bits per heavy atom. The van der Waals surface area contributed by atoms with Crippen molar-refractivity contribution in [3.05, 3.63) is 54.1 Å². The summed E-state index contributed by atoms with van der Waals surface area (Å²) < 4.78 is 5.30. The van der Waals surface area contributed by atoms with Crippen molar-refractivity contribution in [2.45, 2.75) is 45.2 Å². The van der Waals surface area contributed by atoms with Crippen molar-refractivity contribution < 1.29 is 9.53 Å². The molecule has 4 nitrogen and oxygen atoms in total. The minimum Gasteiger partial charge on any atom is -0.497 e. The Morgan fingerprint density at radius 1 is 1.04 bits per heavy atom. The lowest BCUT2D eigenvalue weighted by Crippen LogP contribution is -2.50. The average molecular weight is 367 g/mol. The van der Waals surface area contributed by atoms with Gasteiger partial charge in [0.25, 0.3) is 5.91 Å². The van der Waals surface area contributed by atoms with Gasteiger partial charge in [-0.2, -0.15) is 0 Å². The molecular formula is C23H30N2O2. The van der Waals surface area contributed by atoms with Crippen molar-refractivity contribution in [3.63, 3.8) is 0 Å². The van der Waals surface area contributed by atoms with Gasteiger partial charge in [0.15, 0.2) is 0 Å². The Kier molecular flexibility index (Phi) is 5.85. The van der Waals surface area contributed by atoms with Crippen LogP contribution < -0.4 is 10.1 Å². The predicted octanol–water partition coefficient (Wildman–Crippen LogP) is 4.35. The molecule has 0 bridgehead atoms. The fraction of sp³-hybridized carbons (Fsp3) is 0.435. The maximum absolute atomic E-state index is 12.7. The Balaban J connectivity index is 1.66. The molecule has 4 heteroatoms. The van der Waals surface area contributed by atoms with E-state index in [2.05, 4.69) is 31.0 Å². The quantitative estimate of drug-likeness (QED) is 0.874. The number of nitrogens with one attached hydrogen (secondary N) is 1. The van der Waals surface area contributed by atoms with Crippen LogP contribution in [0.2, 0.25) is 0 Å². The zero-order valence-corrected chi connectivity index (χ0v) is 16.8. The molecule has 2 aromatic carbocycles. The van der Waals surface area contributed by atoms with Crippen molar-refractivity contribution in [2.75, 3.05) is 20.2 Å². The lowest BCUT2D eigenvalue weighted by atomic mass is 9.97. The molecule has 1 aliphatic heterocycles. The third-order valence-electron chi connectivity index (χ3n) is 5.31. The number of benzene rings is 2. The lowest BCUT2D eigenvalue weighted by Gasteiger charge is -2.41. The van der Waals surface area contributed by atoms with Crippen LogP contribution >= 0.6 is 0 Å². The highest BCUT2D eigenvalue weighted by atomic mass is 16.5. The number of carbonyl (C=O) groups excluding carboxylic acids is 1. The minimum atomic E-state index is 0.00829. The van der Waals surface area contributed by atoms with Gasteiger partial charge in [-0.15, -0.1) is 0 Å². The maximum atomic E-state index is 12.7. The summed E-state index contributed by atoms with van der Waals surface area (Å²) in [6.45, 7) is 8.79. The number of methoxy groups -OCH3 is 1. The Morgan fingerprint density at radius 2 is 1.67 bits per heavy atom. The van der Waals surface area contributed by atoms with Crippen LogP contribution in [0.1, 0.15) is 44.0 Å². The van der Waals surface area contributed by atoms with Gasteiger partial charge >= 0.3 is 0 Å². The molecule has 0 saturated carbocycles. The largest absolute Gasteiger partial charge is 0.497 e.